The summed E-state index contributed by atoms with van der Waals surface area (Å²) in [4.78, 5) is 0. The highest BCUT2D eigenvalue weighted by atomic mass is 16.7. The number of hydrogen-bond donors (Lipinski definition) is 1. The minimum atomic E-state index is -0.649. The van der Waals surface area contributed by atoms with E-state index in [9.17, 15) is 5.11 Å². The van der Waals surface area contributed by atoms with E-state index in [1.807, 2.05) is 6.92 Å². The molecule has 2 aliphatic rings. The molecule has 0 amide bonds. The van der Waals surface area contributed by atoms with E-state index < -0.39 is 6.29 Å². The lowest BCUT2D eigenvalue weighted by molar-refractivity contribution is -0.225. The van der Waals surface area contributed by atoms with Gasteiger partial charge in [-0.1, -0.05) is 6.92 Å². The van der Waals surface area contributed by atoms with Crippen molar-refractivity contribution >= 4 is 0 Å². The quantitative estimate of drug-likeness (QED) is 0.654. The van der Waals surface area contributed by atoms with E-state index in [1.54, 1.807) is 0 Å². The van der Waals surface area contributed by atoms with Crippen molar-refractivity contribution in [1.29, 1.82) is 0 Å². The number of ether oxygens (including phenoxy) is 2. The average molecular weight is 172 g/mol. The molecule has 3 heteroatoms. The Morgan fingerprint density at radius 3 is 2.83 bits per heavy atom. The van der Waals surface area contributed by atoms with E-state index in [-0.39, 0.29) is 11.9 Å². The Labute approximate surface area is 72.7 Å². The van der Waals surface area contributed by atoms with Gasteiger partial charge in [0.25, 0.3) is 0 Å². The van der Waals surface area contributed by atoms with Crippen LogP contribution >= 0.6 is 0 Å². The highest BCUT2D eigenvalue weighted by Gasteiger charge is 2.50. The van der Waals surface area contributed by atoms with Crippen LogP contribution in [0.25, 0.3) is 0 Å². The standard InChI is InChI=1S/C9H16O3/c1-2-7(10)11-8-3-4-9(12-8)5-6-9/h7-8,10H,2-6H2,1H3. The molecule has 1 heterocycles. The molecule has 0 bridgehead atoms. The van der Waals surface area contributed by atoms with Crippen LogP contribution in [0.15, 0.2) is 0 Å². The first kappa shape index (κ1) is 8.48. The average Bonchev–Trinajstić information content (AvgIpc) is 2.68. The summed E-state index contributed by atoms with van der Waals surface area (Å²) >= 11 is 0. The van der Waals surface area contributed by atoms with E-state index in [1.165, 1.54) is 12.8 Å². The van der Waals surface area contributed by atoms with Crippen molar-refractivity contribution in [1.82, 2.24) is 0 Å². The highest BCUT2D eigenvalue weighted by molar-refractivity contribution is 4.99. The Bertz CT molecular complexity index is 165. The van der Waals surface area contributed by atoms with Crippen molar-refractivity contribution in [2.75, 3.05) is 0 Å². The molecule has 2 atom stereocenters. The van der Waals surface area contributed by atoms with E-state index >= 15 is 0 Å². The summed E-state index contributed by atoms with van der Waals surface area (Å²) in [6.45, 7) is 1.90. The van der Waals surface area contributed by atoms with Gasteiger partial charge in [0.1, 0.15) is 0 Å². The van der Waals surface area contributed by atoms with Crippen molar-refractivity contribution in [2.24, 2.45) is 0 Å². The third-order valence-electron chi connectivity index (χ3n) is 2.68. The van der Waals surface area contributed by atoms with Crippen LogP contribution in [0, 0.1) is 0 Å². The molecule has 1 aliphatic heterocycles. The molecule has 2 rings (SSSR count). The van der Waals surface area contributed by atoms with Crippen LogP contribution in [0.4, 0.5) is 0 Å². The smallest absolute Gasteiger partial charge is 0.161 e. The Hall–Kier alpha value is -0.120. The number of rotatable bonds is 3. The van der Waals surface area contributed by atoms with Crippen LogP contribution in [0.5, 0.6) is 0 Å². The maximum Gasteiger partial charge on any atom is 0.161 e. The lowest BCUT2D eigenvalue weighted by Gasteiger charge is -2.16. The molecular formula is C9H16O3. The zero-order valence-corrected chi connectivity index (χ0v) is 7.45. The molecule has 2 unspecified atom stereocenters. The first-order valence-corrected chi connectivity index (χ1v) is 4.75. The fourth-order valence-corrected chi connectivity index (χ4v) is 1.65. The van der Waals surface area contributed by atoms with Gasteiger partial charge in [0.2, 0.25) is 0 Å². The van der Waals surface area contributed by atoms with Gasteiger partial charge in [-0.3, -0.25) is 0 Å². The van der Waals surface area contributed by atoms with E-state index in [2.05, 4.69) is 0 Å². The van der Waals surface area contributed by atoms with Gasteiger partial charge < -0.3 is 14.6 Å². The fourth-order valence-electron chi connectivity index (χ4n) is 1.65. The SMILES string of the molecule is CCC(O)OC1CCC2(CC2)O1. The predicted octanol–water partition coefficient (Wildman–Crippen LogP) is 1.40. The molecule has 3 nitrogen and oxygen atoms in total. The molecule has 0 radical (unpaired) electrons. The summed E-state index contributed by atoms with van der Waals surface area (Å²) in [6.07, 6.45) is 4.23. The van der Waals surface area contributed by atoms with Crippen molar-refractivity contribution in [2.45, 2.75) is 57.2 Å². The molecule has 70 valence electrons. The maximum absolute atomic E-state index is 9.21. The minimum Gasteiger partial charge on any atom is -0.368 e. The summed E-state index contributed by atoms with van der Waals surface area (Å²) < 4.78 is 10.9. The van der Waals surface area contributed by atoms with Gasteiger partial charge in [0.05, 0.1) is 5.60 Å². The van der Waals surface area contributed by atoms with Crippen molar-refractivity contribution < 1.29 is 14.6 Å². The molecule has 0 aromatic heterocycles. The molecule has 12 heavy (non-hydrogen) atoms. The Morgan fingerprint density at radius 2 is 2.33 bits per heavy atom. The lowest BCUT2D eigenvalue weighted by Crippen LogP contribution is -2.22. The molecule has 1 spiro atoms. The summed E-state index contributed by atoms with van der Waals surface area (Å²) in [7, 11) is 0. The van der Waals surface area contributed by atoms with Crippen LogP contribution < -0.4 is 0 Å². The second kappa shape index (κ2) is 2.98. The maximum atomic E-state index is 9.21. The van der Waals surface area contributed by atoms with Gasteiger partial charge in [-0.2, -0.15) is 0 Å². The minimum absolute atomic E-state index is 0.151. The topological polar surface area (TPSA) is 38.7 Å². The number of aliphatic hydroxyl groups is 1. The molecule has 1 saturated heterocycles. The lowest BCUT2D eigenvalue weighted by atomic mass is 10.2. The Morgan fingerprint density at radius 1 is 1.58 bits per heavy atom. The summed E-state index contributed by atoms with van der Waals surface area (Å²) in [6, 6.07) is 0. The zero-order chi connectivity index (χ0) is 8.60. The van der Waals surface area contributed by atoms with Crippen molar-refractivity contribution in [3.8, 4) is 0 Å². The molecule has 0 aromatic carbocycles. The fraction of sp³-hybridized carbons (Fsp3) is 1.00. The monoisotopic (exact) mass is 172 g/mol. The highest BCUT2D eigenvalue weighted by Crippen LogP contribution is 2.49. The van der Waals surface area contributed by atoms with Gasteiger partial charge in [-0.05, 0) is 25.7 Å². The first-order valence-electron chi connectivity index (χ1n) is 4.75. The molecule has 2 fully saturated rings. The zero-order valence-electron chi connectivity index (χ0n) is 7.45. The second-order valence-electron chi connectivity index (χ2n) is 3.77. The van der Waals surface area contributed by atoms with E-state index in [0.29, 0.717) is 6.42 Å². The summed E-state index contributed by atoms with van der Waals surface area (Å²) in [5, 5.41) is 9.21. The third kappa shape index (κ3) is 1.63. The van der Waals surface area contributed by atoms with Crippen LogP contribution in [-0.4, -0.2) is 23.3 Å². The van der Waals surface area contributed by atoms with Crippen molar-refractivity contribution in [3.63, 3.8) is 0 Å². The van der Waals surface area contributed by atoms with Crippen LogP contribution in [0.1, 0.15) is 39.0 Å². The predicted molar refractivity (Wildman–Crippen MR) is 43.5 cm³/mol. The van der Waals surface area contributed by atoms with Gasteiger partial charge >= 0.3 is 0 Å². The van der Waals surface area contributed by atoms with Crippen LogP contribution in [0.2, 0.25) is 0 Å². The van der Waals surface area contributed by atoms with E-state index in [4.69, 9.17) is 9.47 Å². The molecule has 1 aliphatic carbocycles. The number of hydrogen-bond acceptors (Lipinski definition) is 3. The van der Waals surface area contributed by atoms with Crippen molar-refractivity contribution in [3.05, 3.63) is 0 Å². The molecular weight excluding hydrogens is 156 g/mol. The van der Waals surface area contributed by atoms with Gasteiger partial charge in [-0.15, -0.1) is 0 Å². The van der Waals surface area contributed by atoms with Gasteiger partial charge in [0, 0.05) is 6.42 Å². The molecule has 0 aromatic rings. The van der Waals surface area contributed by atoms with Gasteiger partial charge in [0.15, 0.2) is 12.6 Å². The largest absolute Gasteiger partial charge is 0.368 e. The molecule has 1 saturated carbocycles. The van der Waals surface area contributed by atoms with E-state index in [0.717, 1.165) is 12.8 Å². The number of aliphatic hydroxyl groups excluding tert-OH is 1. The molecule has 1 N–H and O–H groups in total. The summed E-state index contributed by atoms with van der Waals surface area (Å²) in [5.74, 6) is 0. The normalized spacial score (nSPS) is 34.0. The van der Waals surface area contributed by atoms with Crippen LogP contribution in [0.3, 0.4) is 0 Å². The Kier molecular flexibility index (Phi) is 2.10. The second-order valence-corrected chi connectivity index (χ2v) is 3.77. The van der Waals surface area contributed by atoms with Crippen LogP contribution in [-0.2, 0) is 9.47 Å². The Balaban J connectivity index is 1.76. The summed E-state index contributed by atoms with van der Waals surface area (Å²) in [5.41, 5.74) is 0.165. The van der Waals surface area contributed by atoms with Gasteiger partial charge in [-0.25, -0.2) is 0 Å². The third-order valence-corrected chi connectivity index (χ3v) is 2.68. The first-order chi connectivity index (χ1) is 5.74.